The highest BCUT2D eigenvalue weighted by Crippen LogP contribution is 2.39. The number of aliphatic carboxylic acids is 2. The molecule has 6 nitrogen and oxygen atoms in total. The van der Waals surface area contributed by atoms with E-state index in [4.69, 9.17) is 10.2 Å². The standard InChI is InChI=1S/C14H28O2.2C10H20.2C4H6O2/c15-12-10-14(11-13-16)8-6-4-2-1-3-5-7-9-14;2*1-2-4-6-8-10-9-7-5-3-1;2*1-3(2)4(5)6/h15-16H,1-13H2;2*1-10H2;2*1H2,2H3,(H,5,6). The summed E-state index contributed by atoms with van der Waals surface area (Å²) in [5.41, 5.74) is 0.589. The van der Waals surface area contributed by atoms with Gasteiger partial charge in [-0.1, -0.05) is 187 Å². The van der Waals surface area contributed by atoms with Gasteiger partial charge in [0.2, 0.25) is 0 Å². The van der Waals surface area contributed by atoms with Gasteiger partial charge < -0.3 is 20.4 Å². The summed E-state index contributed by atoms with van der Waals surface area (Å²) in [4.78, 5) is 19.2. The molecule has 0 heterocycles. The van der Waals surface area contributed by atoms with E-state index >= 15 is 0 Å². The number of carboxylic acid groups (broad SMARTS) is 2. The fourth-order valence-corrected chi connectivity index (χ4v) is 6.64. The minimum Gasteiger partial charge on any atom is -0.478 e. The second-order valence-electron chi connectivity index (χ2n) is 14.7. The zero-order valence-corrected chi connectivity index (χ0v) is 31.9. The van der Waals surface area contributed by atoms with Crippen LogP contribution in [0.25, 0.3) is 0 Å². The zero-order chi connectivity index (χ0) is 36.1. The first kappa shape index (κ1) is 48.5. The molecule has 0 aromatic heterocycles. The fraction of sp³-hybridized carbons (Fsp3) is 0.857. The van der Waals surface area contributed by atoms with Crippen molar-refractivity contribution in [1.82, 2.24) is 0 Å². The Morgan fingerprint density at radius 2 is 0.562 bits per heavy atom. The number of carbonyl (C=O) groups is 2. The molecule has 3 rings (SSSR count). The van der Waals surface area contributed by atoms with Crippen LogP contribution in [0.1, 0.15) is 213 Å². The molecule has 3 fully saturated rings. The van der Waals surface area contributed by atoms with Crippen molar-refractivity contribution in [2.24, 2.45) is 5.41 Å². The van der Waals surface area contributed by atoms with E-state index in [9.17, 15) is 19.8 Å². The average molecular weight is 681 g/mol. The highest BCUT2D eigenvalue weighted by Gasteiger charge is 2.28. The van der Waals surface area contributed by atoms with Gasteiger partial charge in [-0.25, -0.2) is 9.59 Å². The van der Waals surface area contributed by atoms with E-state index in [2.05, 4.69) is 13.2 Å². The van der Waals surface area contributed by atoms with Gasteiger partial charge in [0.15, 0.2) is 0 Å². The maximum Gasteiger partial charge on any atom is 0.330 e. The molecule has 0 spiro atoms. The Labute approximate surface area is 297 Å². The Kier molecular flexibility index (Phi) is 37.0. The molecular weight excluding hydrogens is 600 g/mol. The zero-order valence-electron chi connectivity index (χ0n) is 31.9. The van der Waals surface area contributed by atoms with Crippen LogP contribution >= 0.6 is 0 Å². The molecule has 3 aliphatic rings. The molecule has 0 unspecified atom stereocenters. The van der Waals surface area contributed by atoms with Gasteiger partial charge in [0.25, 0.3) is 0 Å². The maximum atomic E-state index is 9.60. The van der Waals surface area contributed by atoms with Crippen LogP contribution in [0, 0.1) is 5.41 Å². The van der Waals surface area contributed by atoms with Crippen molar-refractivity contribution in [3.63, 3.8) is 0 Å². The SMILES string of the molecule is C1CCCCCCCCC1.C1CCCCCCCCC1.C=C(C)C(=O)O.C=C(C)C(=O)O.OCCC1(CCO)CCCCCCCCC1. The molecule has 284 valence electrons. The summed E-state index contributed by atoms with van der Waals surface area (Å²) in [6.07, 6.45) is 43.5. The van der Waals surface area contributed by atoms with E-state index in [0.717, 1.165) is 12.8 Å². The van der Waals surface area contributed by atoms with Crippen molar-refractivity contribution in [3.05, 3.63) is 24.3 Å². The summed E-state index contributed by atoms with van der Waals surface area (Å²) in [6, 6.07) is 0. The van der Waals surface area contributed by atoms with Crippen LogP contribution in [-0.2, 0) is 9.59 Å². The monoisotopic (exact) mass is 681 g/mol. The second kappa shape index (κ2) is 36.6. The van der Waals surface area contributed by atoms with Gasteiger partial charge in [-0.3, -0.25) is 0 Å². The van der Waals surface area contributed by atoms with Gasteiger partial charge in [0, 0.05) is 24.4 Å². The van der Waals surface area contributed by atoms with E-state index in [-0.39, 0.29) is 29.8 Å². The number of hydrogen-bond donors (Lipinski definition) is 4. The largest absolute Gasteiger partial charge is 0.478 e. The lowest BCUT2D eigenvalue weighted by molar-refractivity contribution is -0.133. The number of rotatable bonds is 6. The Morgan fingerprint density at radius 3 is 0.688 bits per heavy atom. The van der Waals surface area contributed by atoms with Gasteiger partial charge >= 0.3 is 11.9 Å². The van der Waals surface area contributed by atoms with Gasteiger partial charge in [-0.05, 0) is 44.9 Å². The Balaban J connectivity index is 0. The number of carboxylic acids is 2. The summed E-state index contributed by atoms with van der Waals surface area (Å²) >= 11 is 0. The number of aliphatic hydroxyl groups excluding tert-OH is 2. The first-order valence-corrected chi connectivity index (χ1v) is 20.1. The van der Waals surface area contributed by atoms with Crippen molar-refractivity contribution >= 4 is 11.9 Å². The molecule has 3 saturated carbocycles. The summed E-state index contributed by atoms with van der Waals surface area (Å²) in [5, 5.41) is 34.2. The van der Waals surface area contributed by atoms with Crippen LogP contribution in [0.4, 0.5) is 0 Å². The highest BCUT2D eigenvalue weighted by molar-refractivity contribution is 5.85. The smallest absolute Gasteiger partial charge is 0.330 e. The number of aliphatic hydroxyl groups is 2. The molecule has 3 aliphatic carbocycles. The third-order valence-corrected chi connectivity index (χ3v) is 9.93. The van der Waals surface area contributed by atoms with Crippen molar-refractivity contribution in [2.45, 2.75) is 213 Å². The van der Waals surface area contributed by atoms with Crippen LogP contribution in [0.5, 0.6) is 0 Å². The Morgan fingerprint density at radius 1 is 0.417 bits per heavy atom. The molecule has 6 heteroatoms. The molecule has 48 heavy (non-hydrogen) atoms. The van der Waals surface area contributed by atoms with E-state index in [1.165, 1.54) is 200 Å². The molecule has 0 atom stereocenters. The quantitative estimate of drug-likeness (QED) is 0.208. The first-order chi connectivity index (χ1) is 23.1. The topological polar surface area (TPSA) is 115 Å². The Bertz CT molecular complexity index is 609. The first-order valence-electron chi connectivity index (χ1n) is 20.1. The van der Waals surface area contributed by atoms with Crippen molar-refractivity contribution in [1.29, 1.82) is 0 Å². The summed E-state index contributed by atoms with van der Waals surface area (Å²) in [7, 11) is 0. The van der Waals surface area contributed by atoms with Crippen molar-refractivity contribution in [2.75, 3.05) is 13.2 Å². The summed E-state index contributed by atoms with van der Waals surface area (Å²) in [6.45, 7) is 9.76. The van der Waals surface area contributed by atoms with Gasteiger partial charge in [0.1, 0.15) is 0 Å². The Hall–Kier alpha value is -1.66. The van der Waals surface area contributed by atoms with E-state index in [1.54, 1.807) is 0 Å². The molecule has 0 aromatic carbocycles. The van der Waals surface area contributed by atoms with Crippen LogP contribution in [-0.4, -0.2) is 45.6 Å². The molecule has 0 aromatic rings. The van der Waals surface area contributed by atoms with E-state index < -0.39 is 11.9 Å². The third kappa shape index (κ3) is 35.6. The maximum absolute atomic E-state index is 9.60. The predicted octanol–water partition coefficient (Wildman–Crippen LogP) is 12.4. The summed E-state index contributed by atoms with van der Waals surface area (Å²) < 4.78 is 0. The predicted molar refractivity (Wildman–Crippen MR) is 205 cm³/mol. The second-order valence-corrected chi connectivity index (χ2v) is 14.7. The third-order valence-electron chi connectivity index (χ3n) is 9.93. The average Bonchev–Trinajstić information content (AvgIpc) is 3.07. The van der Waals surface area contributed by atoms with Crippen LogP contribution in [0.15, 0.2) is 24.3 Å². The fourth-order valence-electron chi connectivity index (χ4n) is 6.64. The molecule has 0 bridgehead atoms. The van der Waals surface area contributed by atoms with Crippen molar-refractivity contribution < 1.29 is 30.0 Å². The van der Waals surface area contributed by atoms with E-state index in [1.807, 2.05) is 0 Å². The molecule has 4 N–H and O–H groups in total. The number of hydrogen-bond acceptors (Lipinski definition) is 4. The summed E-state index contributed by atoms with van der Waals surface area (Å²) in [5.74, 6) is -1.87. The minimum absolute atomic E-state index is 0.176. The van der Waals surface area contributed by atoms with Gasteiger partial charge in [-0.15, -0.1) is 0 Å². The molecular formula is C42H80O6. The van der Waals surface area contributed by atoms with Gasteiger partial charge in [-0.2, -0.15) is 0 Å². The van der Waals surface area contributed by atoms with Crippen LogP contribution < -0.4 is 0 Å². The molecule has 0 aliphatic heterocycles. The van der Waals surface area contributed by atoms with Gasteiger partial charge in [0.05, 0.1) is 0 Å². The molecule has 0 saturated heterocycles. The highest BCUT2D eigenvalue weighted by atomic mass is 16.4. The molecule has 0 radical (unpaired) electrons. The van der Waals surface area contributed by atoms with E-state index in [0.29, 0.717) is 0 Å². The lowest BCUT2D eigenvalue weighted by Crippen LogP contribution is -2.24. The van der Waals surface area contributed by atoms with Crippen LogP contribution in [0.2, 0.25) is 0 Å². The normalized spacial score (nSPS) is 19.5. The lowest BCUT2D eigenvalue weighted by atomic mass is 9.72. The lowest BCUT2D eigenvalue weighted by Gasteiger charge is -2.34. The molecule has 0 amide bonds. The van der Waals surface area contributed by atoms with Crippen molar-refractivity contribution in [3.8, 4) is 0 Å². The minimum atomic E-state index is -0.935. The van der Waals surface area contributed by atoms with Crippen LogP contribution in [0.3, 0.4) is 0 Å².